The molecule has 1 N–H and O–H groups in total. The van der Waals surface area contributed by atoms with E-state index in [0.29, 0.717) is 11.4 Å². The minimum atomic E-state index is -0.311. The van der Waals surface area contributed by atoms with Gasteiger partial charge in [0.1, 0.15) is 0 Å². The average Bonchev–Trinajstić information content (AvgIpc) is 2.40. The molecule has 4 nitrogen and oxygen atoms in total. The van der Waals surface area contributed by atoms with Crippen molar-refractivity contribution in [1.82, 2.24) is 0 Å². The summed E-state index contributed by atoms with van der Waals surface area (Å²) < 4.78 is 5.33. The van der Waals surface area contributed by atoms with Crippen molar-refractivity contribution in [3.05, 3.63) is 23.8 Å². The Morgan fingerprint density at radius 3 is 2.30 bits per heavy atom. The van der Waals surface area contributed by atoms with E-state index in [0.717, 1.165) is 12.0 Å². The van der Waals surface area contributed by atoms with E-state index in [2.05, 4.69) is 5.32 Å². The fourth-order valence-corrected chi connectivity index (χ4v) is 1.49. The quantitative estimate of drug-likeness (QED) is 0.663. The monoisotopic (exact) mass is 277 g/mol. The van der Waals surface area contributed by atoms with Crippen molar-refractivity contribution in [1.29, 1.82) is 0 Å². The first-order chi connectivity index (χ1) is 9.35. The third-order valence-corrected chi connectivity index (χ3v) is 2.92. The van der Waals surface area contributed by atoms with Crippen LogP contribution < -0.4 is 10.1 Å². The second kappa shape index (κ2) is 7.08. The molecule has 0 atom stereocenters. The van der Waals surface area contributed by atoms with Crippen molar-refractivity contribution in [2.45, 2.75) is 41.0 Å². The maximum atomic E-state index is 11.8. The average molecular weight is 277 g/mol. The highest BCUT2D eigenvalue weighted by Crippen LogP contribution is 2.27. The Bertz CT molecular complexity index is 492. The molecule has 1 rings (SSSR count). The molecule has 0 aromatic heterocycles. The largest absolute Gasteiger partial charge is 0.424 e. The number of nitrogens with one attached hydrogen (secondary N) is 1. The molecule has 0 saturated carbocycles. The number of amides is 1. The number of hydrogen-bond acceptors (Lipinski definition) is 3. The molecule has 0 unspecified atom stereocenters. The summed E-state index contributed by atoms with van der Waals surface area (Å²) in [5.41, 5.74) is 1.63. The summed E-state index contributed by atoms with van der Waals surface area (Å²) in [4.78, 5) is 23.5. The number of hydrogen-bond donors (Lipinski definition) is 1. The van der Waals surface area contributed by atoms with Crippen LogP contribution in [-0.2, 0) is 16.0 Å². The molecule has 110 valence electrons. The van der Waals surface area contributed by atoms with Crippen LogP contribution in [0.15, 0.2) is 18.2 Å². The molecule has 1 amide bonds. The van der Waals surface area contributed by atoms with Crippen LogP contribution in [0.25, 0.3) is 0 Å². The number of carbonyl (C=O) groups is 2. The Balaban J connectivity index is 3.03. The molecule has 0 heterocycles. The van der Waals surface area contributed by atoms with Gasteiger partial charge in [-0.25, -0.2) is 0 Å². The Morgan fingerprint density at radius 1 is 1.15 bits per heavy atom. The lowest BCUT2D eigenvalue weighted by Crippen LogP contribution is -2.20. The highest BCUT2D eigenvalue weighted by Gasteiger charge is 2.16. The van der Waals surface area contributed by atoms with Gasteiger partial charge in [0.15, 0.2) is 5.75 Å². The second-order valence-electron chi connectivity index (χ2n) is 5.40. The number of ether oxygens (including phenoxy) is 1. The van der Waals surface area contributed by atoms with E-state index in [1.54, 1.807) is 19.9 Å². The SMILES string of the molecule is CCc1ccc(OC(=O)C(C)C)c(NC(=O)C(C)C)c1. The molecule has 1 aromatic rings. The number of aryl methyl sites for hydroxylation is 1. The maximum absolute atomic E-state index is 11.8. The zero-order valence-electron chi connectivity index (χ0n) is 12.8. The van der Waals surface area contributed by atoms with Crippen molar-refractivity contribution in [2.75, 3.05) is 5.32 Å². The molecular formula is C16H23NO3. The van der Waals surface area contributed by atoms with Gasteiger partial charge < -0.3 is 10.1 Å². The summed E-state index contributed by atoms with van der Waals surface area (Å²) >= 11 is 0. The van der Waals surface area contributed by atoms with E-state index in [4.69, 9.17) is 4.74 Å². The maximum Gasteiger partial charge on any atom is 0.313 e. The van der Waals surface area contributed by atoms with Crippen molar-refractivity contribution in [3.63, 3.8) is 0 Å². The lowest BCUT2D eigenvalue weighted by atomic mass is 10.1. The number of rotatable bonds is 5. The predicted octanol–water partition coefficient (Wildman–Crippen LogP) is 3.40. The van der Waals surface area contributed by atoms with Crippen LogP contribution in [0.1, 0.15) is 40.2 Å². The van der Waals surface area contributed by atoms with Crippen LogP contribution >= 0.6 is 0 Å². The Morgan fingerprint density at radius 2 is 1.80 bits per heavy atom. The molecular weight excluding hydrogens is 254 g/mol. The predicted molar refractivity (Wildman–Crippen MR) is 79.8 cm³/mol. The zero-order chi connectivity index (χ0) is 15.3. The molecule has 0 saturated heterocycles. The number of carbonyl (C=O) groups excluding carboxylic acids is 2. The van der Waals surface area contributed by atoms with E-state index in [-0.39, 0.29) is 23.7 Å². The number of esters is 1. The third-order valence-electron chi connectivity index (χ3n) is 2.92. The first-order valence-corrected chi connectivity index (χ1v) is 7.00. The molecule has 20 heavy (non-hydrogen) atoms. The van der Waals surface area contributed by atoms with Gasteiger partial charge in [-0.2, -0.15) is 0 Å². The number of benzene rings is 1. The fourth-order valence-electron chi connectivity index (χ4n) is 1.49. The molecule has 0 aliphatic carbocycles. The summed E-state index contributed by atoms with van der Waals surface area (Å²) in [7, 11) is 0. The topological polar surface area (TPSA) is 55.4 Å². The van der Waals surface area contributed by atoms with Gasteiger partial charge in [-0.3, -0.25) is 9.59 Å². The smallest absolute Gasteiger partial charge is 0.313 e. The third kappa shape index (κ3) is 4.37. The van der Waals surface area contributed by atoms with E-state index in [1.165, 1.54) is 0 Å². The highest BCUT2D eigenvalue weighted by molar-refractivity contribution is 5.94. The molecule has 4 heteroatoms. The Kier molecular flexibility index (Phi) is 5.74. The van der Waals surface area contributed by atoms with Gasteiger partial charge in [0.05, 0.1) is 11.6 Å². The molecule has 0 bridgehead atoms. The summed E-state index contributed by atoms with van der Waals surface area (Å²) in [5, 5.41) is 2.81. The standard InChI is InChI=1S/C16H23NO3/c1-6-12-7-8-14(20-16(19)11(4)5)13(9-12)17-15(18)10(2)3/h7-11H,6H2,1-5H3,(H,17,18). The van der Waals surface area contributed by atoms with Crippen molar-refractivity contribution in [2.24, 2.45) is 11.8 Å². The summed E-state index contributed by atoms with van der Waals surface area (Å²) in [6, 6.07) is 5.48. The lowest BCUT2D eigenvalue weighted by Gasteiger charge is -2.15. The Hall–Kier alpha value is -1.84. The molecule has 0 aliphatic rings. The van der Waals surface area contributed by atoms with E-state index >= 15 is 0 Å². The minimum Gasteiger partial charge on any atom is -0.424 e. The molecule has 0 spiro atoms. The molecule has 0 fully saturated rings. The fraction of sp³-hybridized carbons (Fsp3) is 0.500. The van der Waals surface area contributed by atoms with Gasteiger partial charge in [0.25, 0.3) is 0 Å². The summed E-state index contributed by atoms with van der Waals surface area (Å²) in [5.74, 6) is -0.354. The zero-order valence-corrected chi connectivity index (χ0v) is 12.8. The summed E-state index contributed by atoms with van der Waals surface area (Å²) in [6.07, 6.45) is 0.850. The molecule has 0 radical (unpaired) electrons. The minimum absolute atomic E-state index is 0.0971. The van der Waals surface area contributed by atoms with Gasteiger partial charge in [0, 0.05) is 5.92 Å². The molecule has 1 aromatic carbocycles. The first kappa shape index (κ1) is 16.2. The van der Waals surface area contributed by atoms with Crippen molar-refractivity contribution < 1.29 is 14.3 Å². The van der Waals surface area contributed by atoms with Crippen molar-refractivity contribution in [3.8, 4) is 5.75 Å². The van der Waals surface area contributed by atoms with Crippen molar-refractivity contribution >= 4 is 17.6 Å². The summed E-state index contributed by atoms with van der Waals surface area (Å²) in [6.45, 7) is 9.21. The van der Waals surface area contributed by atoms with Crippen LogP contribution in [0.4, 0.5) is 5.69 Å². The van der Waals surface area contributed by atoms with Crippen LogP contribution in [0.3, 0.4) is 0 Å². The molecule has 0 aliphatic heterocycles. The van der Waals surface area contributed by atoms with E-state index < -0.39 is 0 Å². The van der Waals surface area contributed by atoms with E-state index in [9.17, 15) is 9.59 Å². The van der Waals surface area contributed by atoms with Crippen LogP contribution in [0, 0.1) is 11.8 Å². The first-order valence-electron chi connectivity index (χ1n) is 7.00. The van der Waals surface area contributed by atoms with Gasteiger partial charge in [-0.05, 0) is 24.1 Å². The highest BCUT2D eigenvalue weighted by atomic mass is 16.5. The van der Waals surface area contributed by atoms with Crippen LogP contribution in [-0.4, -0.2) is 11.9 Å². The van der Waals surface area contributed by atoms with Gasteiger partial charge in [0.2, 0.25) is 5.91 Å². The van der Waals surface area contributed by atoms with Gasteiger partial charge in [-0.15, -0.1) is 0 Å². The van der Waals surface area contributed by atoms with E-state index in [1.807, 2.05) is 32.9 Å². The van der Waals surface area contributed by atoms with Gasteiger partial charge >= 0.3 is 5.97 Å². The Labute approximate surface area is 120 Å². The van der Waals surface area contributed by atoms with Gasteiger partial charge in [-0.1, -0.05) is 40.7 Å². The normalized spacial score (nSPS) is 10.8. The van der Waals surface area contributed by atoms with Crippen LogP contribution in [0.2, 0.25) is 0 Å². The van der Waals surface area contributed by atoms with Crippen LogP contribution in [0.5, 0.6) is 5.75 Å². The lowest BCUT2D eigenvalue weighted by molar-refractivity contribution is -0.137. The number of anilines is 1. The second-order valence-corrected chi connectivity index (χ2v) is 5.40.